The summed E-state index contributed by atoms with van der Waals surface area (Å²) in [5, 5.41) is 10.2. The average molecular weight is 255 g/mol. The van der Waals surface area contributed by atoms with Crippen LogP contribution in [0.2, 0.25) is 5.02 Å². The van der Waals surface area contributed by atoms with E-state index in [1.54, 1.807) is 31.2 Å². The van der Waals surface area contributed by atoms with Crippen LogP contribution in [0.4, 0.5) is 0 Å². The van der Waals surface area contributed by atoms with Crippen molar-refractivity contribution in [1.29, 1.82) is 0 Å². The van der Waals surface area contributed by atoms with Crippen molar-refractivity contribution in [3.8, 4) is 0 Å². The zero-order valence-electron chi connectivity index (χ0n) is 9.60. The van der Waals surface area contributed by atoms with Crippen molar-refractivity contribution >= 4 is 23.6 Å². The van der Waals surface area contributed by atoms with Gasteiger partial charge in [0.25, 0.3) is 0 Å². The van der Waals surface area contributed by atoms with Crippen molar-refractivity contribution in [2.75, 3.05) is 6.61 Å². The first-order chi connectivity index (χ1) is 8.11. The van der Waals surface area contributed by atoms with Gasteiger partial charge in [-0.1, -0.05) is 35.9 Å². The van der Waals surface area contributed by atoms with E-state index >= 15 is 0 Å². The van der Waals surface area contributed by atoms with Gasteiger partial charge in [-0.15, -0.1) is 0 Å². The van der Waals surface area contributed by atoms with E-state index in [1.165, 1.54) is 0 Å². The van der Waals surface area contributed by atoms with Gasteiger partial charge in [0, 0.05) is 5.02 Å². The zero-order chi connectivity index (χ0) is 12.7. The van der Waals surface area contributed by atoms with Gasteiger partial charge in [-0.2, -0.15) is 0 Å². The fraction of sp³-hybridized carbons (Fsp3) is 0.308. The second kappa shape index (κ2) is 7.09. The second-order valence-electron chi connectivity index (χ2n) is 3.49. The summed E-state index contributed by atoms with van der Waals surface area (Å²) in [6, 6.07) is 7.18. The van der Waals surface area contributed by atoms with Crippen molar-refractivity contribution in [2.24, 2.45) is 0 Å². The quantitative estimate of drug-likeness (QED) is 0.822. The van der Waals surface area contributed by atoms with Crippen molar-refractivity contribution in [2.45, 2.75) is 19.4 Å². The lowest BCUT2D eigenvalue weighted by atomic mass is 10.1. The Labute approximate surface area is 106 Å². The summed E-state index contributed by atoms with van der Waals surface area (Å²) in [4.78, 5) is 11.1. The molecule has 92 valence electrons. The molecule has 0 bridgehead atoms. The molecule has 1 aromatic carbocycles. The third-order valence-corrected chi connectivity index (χ3v) is 2.31. The van der Waals surface area contributed by atoms with Gasteiger partial charge in [0.1, 0.15) is 0 Å². The number of hydrogen-bond acceptors (Lipinski definition) is 3. The van der Waals surface area contributed by atoms with Crippen LogP contribution in [0.25, 0.3) is 6.08 Å². The Morgan fingerprint density at radius 2 is 2.12 bits per heavy atom. The minimum Gasteiger partial charge on any atom is -0.466 e. The molecule has 1 aromatic rings. The van der Waals surface area contributed by atoms with Gasteiger partial charge in [0.05, 0.1) is 19.1 Å². The molecule has 0 fully saturated rings. The molecule has 0 aliphatic rings. The lowest BCUT2D eigenvalue weighted by Crippen LogP contribution is -2.13. The Kier molecular flexibility index (Phi) is 5.73. The van der Waals surface area contributed by atoms with Crippen molar-refractivity contribution < 1.29 is 14.6 Å². The van der Waals surface area contributed by atoms with Crippen LogP contribution in [0, 0.1) is 0 Å². The third-order valence-electron chi connectivity index (χ3n) is 2.06. The average Bonchev–Trinajstić information content (AvgIpc) is 2.28. The monoisotopic (exact) mass is 254 g/mol. The molecule has 0 spiro atoms. The van der Waals surface area contributed by atoms with Crippen LogP contribution in [0.5, 0.6) is 0 Å². The molecule has 0 saturated heterocycles. The second-order valence-corrected chi connectivity index (χ2v) is 3.92. The molecule has 0 aliphatic carbocycles. The standard InChI is InChI=1S/C13H15ClO3/c1-2-17-13(16)9-12(15)8-5-10-3-6-11(14)7-4-10/h3-8,12,15H,2,9H2,1H3/b8-5+/t12-/m0/s1. The van der Waals surface area contributed by atoms with E-state index in [0.29, 0.717) is 11.6 Å². The van der Waals surface area contributed by atoms with Gasteiger partial charge in [0.15, 0.2) is 0 Å². The Morgan fingerprint density at radius 3 is 2.71 bits per heavy atom. The van der Waals surface area contributed by atoms with Gasteiger partial charge in [-0.05, 0) is 24.6 Å². The van der Waals surface area contributed by atoms with Crippen molar-refractivity contribution in [1.82, 2.24) is 0 Å². The predicted molar refractivity (Wildman–Crippen MR) is 67.7 cm³/mol. The molecule has 1 atom stereocenters. The van der Waals surface area contributed by atoms with Crippen LogP contribution in [0.1, 0.15) is 18.9 Å². The molecule has 0 heterocycles. The highest BCUT2D eigenvalue weighted by atomic mass is 35.5. The van der Waals surface area contributed by atoms with Crippen LogP contribution >= 0.6 is 11.6 Å². The van der Waals surface area contributed by atoms with E-state index < -0.39 is 12.1 Å². The molecule has 1 rings (SSSR count). The molecule has 0 amide bonds. The minimum absolute atomic E-state index is 0.0298. The first-order valence-corrected chi connectivity index (χ1v) is 5.77. The maximum atomic E-state index is 11.1. The highest BCUT2D eigenvalue weighted by Gasteiger charge is 2.07. The third kappa shape index (κ3) is 5.52. The van der Waals surface area contributed by atoms with Crippen LogP contribution in [0.3, 0.4) is 0 Å². The number of aliphatic hydroxyl groups is 1. The SMILES string of the molecule is CCOC(=O)C[C@@H](O)/C=C/c1ccc(Cl)cc1. The number of halogens is 1. The molecule has 17 heavy (non-hydrogen) atoms. The molecule has 3 nitrogen and oxygen atoms in total. The van der Waals surface area contributed by atoms with E-state index in [0.717, 1.165) is 5.56 Å². The number of carbonyl (C=O) groups is 1. The van der Waals surface area contributed by atoms with Crippen LogP contribution in [-0.4, -0.2) is 23.8 Å². The molecule has 0 aliphatic heterocycles. The molecule has 1 N–H and O–H groups in total. The number of esters is 1. The molecule has 0 unspecified atom stereocenters. The van der Waals surface area contributed by atoms with Gasteiger partial charge < -0.3 is 9.84 Å². The number of benzene rings is 1. The van der Waals surface area contributed by atoms with E-state index in [4.69, 9.17) is 16.3 Å². The molecular weight excluding hydrogens is 240 g/mol. The topological polar surface area (TPSA) is 46.5 Å². The Morgan fingerprint density at radius 1 is 1.47 bits per heavy atom. The first-order valence-electron chi connectivity index (χ1n) is 5.39. The molecular formula is C13H15ClO3. The minimum atomic E-state index is -0.829. The van der Waals surface area contributed by atoms with E-state index in [1.807, 2.05) is 12.1 Å². The summed E-state index contributed by atoms with van der Waals surface area (Å²) >= 11 is 5.74. The van der Waals surface area contributed by atoms with Gasteiger partial charge in [0.2, 0.25) is 0 Å². The van der Waals surface area contributed by atoms with Crippen LogP contribution < -0.4 is 0 Å². The Hall–Kier alpha value is -1.32. The summed E-state index contributed by atoms with van der Waals surface area (Å²) < 4.78 is 4.73. The van der Waals surface area contributed by atoms with Crippen LogP contribution in [-0.2, 0) is 9.53 Å². The molecule has 0 radical (unpaired) electrons. The van der Waals surface area contributed by atoms with Gasteiger partial charge >= 0.3 is 5.97 Å². The fourth-order valence-corrected chi connectivity index (χ4v) is 1.38. The normalized spacial score (nSPS) is 12.6. The smallest absolute Gasteiger partial charge is 0.308 e. The maximum absolute atomic E-state index is 11.1. The highest BCUT2D eigenvalue weighted by Crippen LogP contribution is 2.11. The van der Waals surface area contributed by atoms with Gasteiger partial charge in [-0.3, -0.25) is 4.79 Å². The van der Waals surface area contributed by atoms with Crippen molar-refractivity contribution in [3.05, 3.63) is 40.9 Å². The number of hydrogen-bond donors (Lipinski definition) is 1. The largest absolute Gasteiger partial charge is 0.466 e. The molecule has 4 heteroatoms. The summed E-state index contributed by atoms with van der Waals surface area (Å²) in [5.41, 5.74) is 0.914. The van der Waals surface area contributed by atoms with Gasteiger partial charge in [-0.25, -0.2) is 0 Å². The Bertz CT molecular complexity index is 384. The summed E-state index contributed by atoms with van der Waals surface area (Å²) in [7, 11) is 0. The Balaban J connectivity index is 2.47. The summed E-state index contributed by atoms with van der Waals surface area (Å²) in [6.45, 7) is 2.06. The lowest BCUT2D eigenvalue weighted by Gasteiger charge is -2.04. The zero-order valence-corrected chi connectivity index (χ0v) is 10.4. The summed E-state index contributed by atoms with van der Waals surface area (Å²) in [5.74, 6) is -0.402. The number of rotatable bonds is 5. The number of ether oxygens (including phenoxy) is 1. The molecule has 0 aromatic heterocycles. The summed E-state index contributed by atoms with van der Waals surface area (Å²) in [6.07, 6.45) is 2.43. The number of carbonyl (C=O) groups excluding carboxylic acids is 1. The lowest BCUT2D eigenvalue weighted by molar-refractivity contribution is -0.144. The van der Waals surface area contributed by atoms with E-state index in [9.17, 15) is 9.90 Å². The van der Waals surface area contributed by atoms with E-state index in [2.05, 4.69) is 0 Å². The van der Waals surface area contributed by atoms with E-state index in [-0.39, 0.29) is 6.42 Å². The van der Waals surface area contributed by atoms with Crippen LogP contribution in [0.15, 0.2) is 30.3 Å². The molecule has 0 saturated carbocycles. The number of aliphatic hydroxyl groups excluding tert-OH is 1. The fourth-order valence-electron chi connectivity index (χ4n) is 1.25. The predicted octanol–water partition coefficient (Wildman–Crippen LogP) is 2.67. The van der Waals surface area contributed by atoms with Crippen molar-refractivity contribution in [3.63, 3.8) is 0 Å². The highest BCUT2D eigenvalue weighted by molar-refractivity contribution is 6.30. The first kappa shape index (κ1) is 13.7. The maximum Gasteiger partial charge on any atom is 0.308 e.